The third-order valence-corrected chi connectivity index (χ3v) is 3.29. The SMILES string of the molecule is [C-]#[N+]CCCCCCCCCCCCCC[N+]#[C-]. The Morgan fingerprint density at radius 1 is 0.389 bits per heavy atom. The Balaban J connectivity index is 2.91. The van der Waals surface area contributed by atoms with Crippen LogP contribution in [-0.4, -0.2) is 13.1 Å². The molecule has 0 saturated heterocycles. The van der Waals surface area contributed by atoms with E-state index >= 15 is 0 Å². The molecule has 18 heavy (non-hydrogen) atoms. The number of hydrogen-bond donors (Lipinski definition) is 0. The van der Waals surface area contributed by atoms with E-state index in [0.29, 0.717) is 13.1 Å². The minimum Gasteiger partial charge on any atom is -0.317 e. The topological polar surface area (TPSA) is 8.72 Å². The van der Waals surface area contributed by atoms with Gasteiger partial charge in [-0.25, -0.2) is 13.1 Å². The quantitative estimate of drug-likeness (QED) is 0.300. The van der Waals surface area contributed by atoms with E-state index in [1.807, 2.05) is 0 Å². The summed E-state index contributed by atoms with van der Waals surface area (Å²) in [4.78, 5) is 6.73. The van der Waals surface area contributed by atoms with Gasteiger partial charge in [-0.1, -0.05) is 51.4 Å². The molecule has 0 aromatic carbocycles. The monoisotopic (exact) mass is 248 g/mol. The van der Waals surface area contributed by atoms with Crippen LogP contribution in [-0.2, 0) is 0 Å². The van der Waals surface area contributed by atoms with Crippen LogP contribution in [0.2, 0.25) is 0 Å². The predicted molar refractivity (Wildman–Crippen MR) is 78.3 cm³/mol. The minimum absolute atomic E-state index is 0.716. The molecule has 0 heterocycles. The lowest BCUT2D eigenvalue weighted by molar-refractivity contribution is 0.546. The van der Waals surface area contributed by atoms with Crippen LogP contribution in [0.3, 0.4) is 0 Å². The van der Waals surface area contributed by atoms with E-state index in [4.69, 9.17) is 13.1 Å². The van der Waals surface area contributed by atoms with Crippen LogP contribution in [0.4, 0.5) is 0 Å². The van der Waals surface area contributed by atoms with Crippen LogP contribution in [0.5, 0.6) is 0 Å². The van der Waals surface area contributed by atoms with E-state index in [9.17, 15) is 0 Å². The maximum atomic E-state index is 6.68. The van der Waals surface area contributed by atoms with Crippen molar-refractivity contribution in [3.63, 3.8) is 0 Å². The van der Waals surface area contributed by atoms with E-state index in [1.54, 1.807) is 0 Å². The maximum absolute atomic E-state index is 6.68. The highest BCUT2D eigenvalue weighted by Gasteiger charge is 1.94. The normalized spacial score (nSPS) is 9.89. The van der Waals surface area contributed by atoms with Gasteiger partial charge in [0, 0.05) is 12.8 Å². The molecule has 0 aliphatic heterocycles. The molecule has 0 saturated carbocycles. The summed E-state index contributed by atoms with van der Waals surface area (Å²) in [5.41, 5.74) is 0. The molecule has 2 nitrogen and oxygen atoms in total. The summed E-state index contributed by atoms with van der Waals surface area (Å²) >= 11 is 0. The molecular weight excluding hydrogens is 220 g/mol. The average Bonchev–Trinajstić information content (AvgIpc) is 2.39. The molecule has 0 rings (SSSR count). The highest BCUT2D eigenvalue weighted by Crippen LogP contribution is 2.11. The lowest BCUT2D eigenvalue weighted by atomic mass is 10.1. The molecule has 0 spiro atoms. The molecule has 2 heteroatoms. The Morgan fingerprint density at radius 3 is 0.833 bits per heavy atom. The van der Waals surface area contributed by atoms with Crippen LogP contribution in [0, 0.1) is 13.1 Å². The van der Waals surface area contributed by atoms with Gasteiger partial charge in [-0.15, -0.1) is 0 Å². The standard InChI is InChI=1S/C16H28N2/c1-17-15-13-11-9-7-5-3-4-6-8-10-12-14-16-18-2/h3-16H2. The van der Waals surface area contributed by atoms with Crippen molar-refractivity contribution in [1.82, 2.24) is 0 Å². The van der Waals surface area contributed by atoms with E-state index in [-0.39, 0.29) is 0 Å². The molecule has 0 radical (unpaired) electrons. The fourth-order valence-corrected chi connectivity index (χ4v) is 2.15. The van der Waals surface area contributed by atoms with Crippen molar-refractivity contribution in [2.24, 2.45) is 0 Å². The van der Waals surface area contributed by atoms with Gasteiger partial charge in [0.05, 0.1) is 0 Å². The van der Waals surface area contributed by atoms with Crippen LogP contribution in [0.1, 0.15) is 77.0 Å². The molecule has 102 valence electrons. The van der Waals surface area contributed by atoms with Gasteiger partial charge in [0.2, 0.25) is 13.1 Å². The van der Waals surface area contributed by atoms with Gasteiger partial charge in [0.1, 0.15) is 0 Å². The zero-order chi connectivity index (χ0) is 13.3. The highest BCUT2D eigenvalue weighted by atomic mass is 14.6. The summed E-state index contributed by atoms with van der Waals surface area (Å²) in [7, 11) is 0. The Kier molecular flexibility index (Phi) is 15.1. The van der Waals surface area contributed by atoms with Crippen molar-refractivity contribution in [2.75, 3.05) is 13.1 Å². The first-order valence-electron chi connectivity index (χ1n) is 7.58. The maximum Gasteiger partial charge on any atom is 0.214 e. The lowest BCUT2D eigenvalue weighted by Crippen LogP contribution is -1.84. The van der Waals surface area contributed by atoms with Crippen molar-refractivity contribution in [2.45, 2.75) is 77.0 Å². The van der Waals surface area contributed by atoms with E-state index < -0.39 is 0 Å². The van der Waals surface area contributed by atoms with Crippen LogP contribution in [0.25, 0.3) is 9.69 Å². The van der Waals surface area contributed by atoms with E-state index in [1.165, 1.54) is 64.2 Å². The number of hydrogen-bond acceptors (Lipinski definition) is 0. The highest BCUT2D eigenvalue weighted by molar-refractivity contribution is 4.59. The molecule has 0 aliphatic carbocycles. The second-order valence-electron chi connectivity index (χ2n) is 5.01. The van der Waals surface area contributed by atoms with Gasteiger partial charge in [-0.3, -0.25) is 0 Å². The molecule has 0 amide bonds. The predicted octanol–water partition coefficient (Wildman–Crippen LogP) is 5.51. The first-order chi connectivity index (χ1) is 8.91. The van der Waals surface area contributed by atoms with Gasteiger partial charge in [0.15, 0.2) is 0 Å². The molecule has 0 aromatic heterocycles. The number of unbranched alkanes of at least 4 members (excludes halogenated alkanes) is 11. The molecule has 0 bridgehead atoms. The lowest BCUT2D eigenvalue weighted by Gasteiger charge is -2.01. The molecule has 0 aliphatic rings. The van der Waals surface area contributed by atoms with Crippen LogP contribution in [0.15, 0.2) is 0 Å². The molecule has 0 fully saturated rings. The van der Waals surface area contributed by atoms with Crippen molar-refractivity contribution >= 4 is 0 Å². The van der Waals surface area contributed by atoms with Crippen LogP contribution >= 0.6 is 0 Å². The largest absolute Gasteiger partial charge is 0.317 e. The van der Waals surface area contributed by atoms with Gasteiger partial charge in [0.25, 0.3) is 0 Å². The van der Waals surface area contributed by atoms with Crippen molar-refractivity contribution in [3.05, 3.63) is 22.8 Å². The fraction of sp³-hybridized carbons (Fsp3) is 0.875. The van der Waals surface area contributed by atoms with Gasteiger partial charge < -0.3 is 9.69 Å². The first kappa shape index (κ1) is 17.0. The second-order valence-corrected chi connectivity index (χ2v) is 5.01. The van der Waals surface area contributed by atoms with Gasteiger partial charge in [-0.2, -0.15) is 0 Å². The molecule has 0 unspecified atom stereocenters. The molecule has 0 N–H and O–H groups in total. The Bertz CT molecular complexity index is 208. The minimum atomic E-state index is 0.716. The van der Waals surface area contributed by atoms with Gasteiger partial charge >= 0.3 is 0 Å². The summed E-state index contributed by atoms with van der Waals surface area (Å²) in [6.45, 7) is 14.8. The Hall–Kier alpha value is -1.02. The van der Waals surface area contributed by atoms with Crippen LogP contribution < -0.4 is 0 Å². The van der Waals surface area contributed by atoms with Crippen molar-refractivity contribution in [3.8, 4) is 0 Å². The van der Waals surface area contributed by atoms with Crippen molar-refractivity contribution in [1.29, 1.82) is 0 Å². The molecule has 0 aromatic rings. The molecular formula is C16H28N2. The summed E-state index contributed by atoms with van der Waals surface area (Å²) < 4.78 is 0. The zero-order valence-electron chi connectivity index (χ0n) is 11.8. The second kappa shape index (κ2) is 16.0. The third kappa shape index (κ3) is 15.0. The number of nitrogens with zero attached hydrogens (tertiary/aromatic N) is 2. The third-order valence-electron chi connectivity index (χ3n) is 3.29. The first-order valence-corrected chi connectivity index (χ1v) is 7.58. The van der Waals surface area contributed by atoms with Crippen molar-refractivity contribution < 1.29 is 0 Å². The zero-order valence-corrected chi connectivity index (χ0v) is 11.8. The van der Waals surface area contributed by atoms with Gasteiger partial charge in [-0.05, 0) is 12.8 Å². The Morgan fingerprint density at radius 2 is 0.611 bits per heavy atom. The summed E-state index contributed by atoms with van der Waals surface area (Å²) in [6, 6.07) is 0. The Labute approximate surface area is 113 Å². The summed E-state index contributed by atoms with van der Waals surface area (Å²) in [5, 5.41) is 0. The van der Waals surface area contributed by atoms with E-state index in [2.05, 4.69) is 9.69 Å². The fourth-order valence-electron chi connectivity index (χ4n) is 2.15. The average molecular weight is 248 g/mol. The molecule has 0 atom stereocenters. The summed E-state index contributed by atoms with van der Waals surface area (Å²) in [5.74, 6) is 0. The summed E-state index contributed by atoms with van der Waals surface area (Å²) in [6.07, 6.45) is 15.5. The van der Waals surface area contributed by atoms with E-state index in [0.717, 1.165) is 12.8 Å². The smallest absolute Gasteiger partial charge is 0.214 e. The number of rotatable bonds is 13.